The summed E-state index contributed by atoms with van der Waals surface area (Å²) >= 11 is 0. The van der Waals surface area contributed by atoms with Crippen LogP contribution in [0.15, 0.2) is 75.9 Å². The highest BCUT2D eigenvalue weighted by atomic mass is 31.1. The van der Waals surface area contributed by atoms with Crippen molar-refractivity contribution in [3.63, 3.8) is 0 Å². The number of hydrogen-bond donors (Lipinski definition) is 0. The molecule has 1 aromatic heterocycles. The zero-order valence-corrected chi connectivity index (χ0v) is 16.2. The summed E-state index contributed by atoms with van der Waals surface area (Å²) in [6, 6.07) is 11.2. The molecule has 3 aliphatic rings. The van der Waals surface area contributed by atoms with Gasteiger partial charge in [0.2, 0.25) is 0 Å². The molecule has 2 heterocycles. The van der Waals surface area contributed by atoms with Gasteiger partial charge in [-0.2, -0.15) is 0 Å². The van der Waals surface area contributed by atoms with Gasteiger partial charge in [-0.1, -0.05) is 55.8 Å². The van der Waals surface area contributed by atoms with Gasteiger partial charge >= 0.3 is 0 Å². The molecule has 0 amide bonds. The highest BCUT2D eigenvalue weighted by Gasteiger charge is 2.41. The fourth-order valence-corrected chi connectivity index (χ4v) is 7.70. The molecule has 2 aromatic rings. The average molecular weight is 358 g/mol. The van der Waals surface area contributed by atoms with Gasteiger partial charge in [0, 0.05) is 17.2 Å². The zero-order valence-electron chi connectivity index (χ0n) is 15.3. The lowest BCUT2D eigenvalue weighted by atomic mass is 10.0. The molecule has 3 atom stereocenters. The molecule has 0 spiro atoms. The topological polar surface area (TPSA) is 13.1 Å². The molecule has 26 heavy (non-hydrogen) atoms. The first-order valence-corrected chi connectivity index (χ1v) is 10.9. The lowest BCUT2D eigenvalue weighted by Crippen LogP contribution is -1.99. The molecule has 0 saturated carbocycles. The first kappa shape index (κ1) is 16.1. The van der Waals surface area contributed by atoms with E-state index >= 15 is 0 Å². The van der Waals surface area contributed by atoms with Crippen molar-refractivity contribution in [1.82, 2.24) is 0 Å². The maximum absolute atomic E-state index is 5.85. The maximum atomic E-state index is 5.85. The molecule has 3 unspecified atom stereocenters. The largest absolute Gasteiger partial charge is 0.465 e. The van der Waals surface area contributed by atoms with E-state index in [1.807, 2.05) is 6.07 Å². The van der Waals surface area contributed by atoms with Crippen LogP contribution in [0, 0.1) is 5.92 Å². The predicted octanol–water partition coefficient (Wildman–Crippen LogP) is 7.30. The third kappa shape index (κ3) is 2.42. The number of allylic oxidation sites excluding steroid dienone is 7. The van der Waals surface area contributed by atoms with Crippen LogP contribution in [0.1, 0.15) is 48.4 Å². The summed E-state index contributed by atoms with van der Waals surface area (Å²) in [5, 5.41) is 3.15. The lowest BCUT2D eigenvalue weighted by Gasteiger charge is -2.27. The van der Waals surface area contributed by atoms with Gasteiger partial charge in [0.1, 0.15) is 5.76 Å². The van der Waals surface area contributed by atoms with Gasteiger partial charge in [0.05, 0.1) is 6.26 Å². The quantitative estimate of drug-likeness (QED) is 0.523. The summed E-state index contributed by atoms with van der Waals surface area (Å²) < 4.78 is 5.85. The molecule has 5 rings (SSSR count). The standard InChI is InChI=1S/C24H23OP/c1-3-6-17-10-11-20-19(14-17)15-21(22-8-5-12-25-22)24(20)26-16(2)13-18-7-4-9-23(18)26/h4-5,7-15,18,24H,3,6H2,1-2H3. The summed E-state index contributed by atoms with van der Waals surface area (Å²) in [6.45, 7) is 4.57. The van der Waals surface area contributed by atoms with E-state index in [9.17, 15) is 0 Å². The normalized spacial score (nSPS) is 25.8. The van der Waals surface area contributed by atoms with Crippen LogP contribution < -0.4 is 0 Å². The number of aryl methyl sites for hydroxylation is 1. The molecule has 0 radical (unpaired) electrons. The molecule has 2 heteroatoms. The fraction of sp³-hybridized carbons (Fsp3) is 0.250. The summed E-state index contributed by atoms with van der Waals surface area (Å²) in [4.78, 5) is 0. The Morgan fingerprint density at radius 3 is 2.92 bits per heavy atom. The van der Waals surface area contributed by atoms with Crippen LogP contribution in [0.5, 0.6) is 0 Å². The first-order valence-electron chi connectivity index (χ1n) is 9.50. The smallest absolute Gasteiger partial charge is 0.130 e. The predicted molar refractivity (Wildman–Crippen MR) is 111 cm³/mol. The molecular weight excluding hydrogens is 335 g/mol. The number of fused-ring (bicyclic) bond motifs is 2. The Kier molecular flexibility index (Phi) is 3.87. The molecule has 1 aliphatic heterocycles. The minimum Gasteiger partial charge on any atom is -0.465 e. The molecule has 0 N–H and O–H groups in total. The van der Waals surface area contributed by atoms with Gasteiger partial charge < -0.3 is 4.42 Å². The fourth-order valence-electron chi connectivity index (χ4n) is 4.55. The Labute approximate surface area is 156 Å². The number of hydrogen-bond acceptors (Lipinski definition) is 1. The van der Waals surface area contributed by atoms with Gasteiger partial charge in [-0.15, -0.1) is 0 Å². The van der Waals surface area contributed by atoms with Crippen LogP contribution in [0.4, 0.5) is 0 Å². The molecule has 0 bridgehead atoms. The van der Waals surface area contributed by atoms with E-state index < -0.39 is 0 Å². The van der Waals surface area contributed by atoms with Gasteiger partial charge in [-0.05, 0) is 66.8 Å². The minimum absolute atomic E-state index is 0.365. The Morgan fingerprint density at radius 1 is 1.19 bits per heavy atom. The van der Waals surface area contributed by atoms with Gasteiger partial charge in [-0.3, -0.25) is 0 Å². The van der Waals surface area contributed by atoms with E-state index in [4.69, 9.17) is 4.42 Å². The van der Waals surface area contributed by atoms with Crippen molar-refractivity contribution in [3.05, 3.63) is 94.0 Å². The van der Waals surface area contributed by atoms with Crippen molar-refractivity contribution in [2.24, 2.45) is 5.92 Å². The van der Waals surface area contributed by atoms with E-state index in [0.717, 1.165) is 12.2 Å². The van der Waals surface area contributed by atoms with E-state index in [1.54, 1.807) is 16.9 Å². The van der Waals surface area contributed by atoms with E-state index in [1.165, 1.54) is 28.7 Å². The Hall–Kier alpha value is -2.11. The average Bonchev–Trinajstić information content (AvgIpc) is 3.37. The molecule has 130 valence electrons. The van der Waals surface area contributed by atoms with Crippen molar-refractivity contribution >= 4 is 19.6 Å². The van der Waals surface area contributed by atoms with Crippen molar-refractivity contribution in [3.8, 4) is 0 Å². The zero-order chi connectivity index (χ0) is 17.7. The number of rotatable bonds is 4. The highest BCUT2D eigenvalue weighted by molar-refractivity contribution is 7.67. The first-order chi connectivity index (χ1) is 12.8. The molecule has 1 nitrogen and oxygen atoms in total. The number of furan rings is 1. The monoisotopic (exact) mass is 358 g/mol. The van der Waals surface area contributed by atoms with Crippen molar-refractivity contribution in [2.75, 3.05) is 0 Å². The van der Waals surface area contributed by atoms with E-state index in [0.29, 0.717) is 11.6 Å². The summed E-state index contributed by atoms with van der Waals surface area (Å²) in [5.41, 5.74) is 6.06. The molecule has 1 aromatic carbocycles. The van der Waals surface area contributed by atoms with Crippen LogP contribution in [0.25, 0.3) is 11.6 Å². The number of benzene rings is 1. The lowest BCUT2D eigenvalue weighted by molar-refractivity contribution is 0.551. The Balaban J connectivity index is 1.64. The van der Waals surface area contributed by atoms with Crippen LogP contribution in [0.2, 0.25) is 0 Å². The molecule has 2 aliphatic carbocycles. The van der Waals surface area contributed by atoms with E-state index in [-0.39, 0.29) is 7.92 Å². The highest BCUT2D eigenvalue weighted by Crippen LogP contribution is 2.74. The summed E-state index contributed by atoms with van der Waals surface area (Å²) in [6.07, 6.45) is 15.9. The Bertz CT molecular complexity index is 972. The Morgan fingerprint density at radius 2 is 2.12 bits per heavy atom. The SMILES string of the molecule is CCCc1ccc2c(c1)C=C(c1ccco1)C2P1C(C)=CC2C=CC=C21. The summed E-state index contributed by atoms with van der Waals surface area (Å²) in [7, 11) is -0.365. The van der Waals surface area contributed by atoms with Crippen LogP contribution >= 0.6 is 7.92 Å². The summed E-state index contributed by atoms with van der Waals surface area (Å²) in [5.74, 6) is 1.54. The maximum Gasteiger partial charge on any atom is 0.130 e. The molecule has 0 fully saturated rings. The van der Waals surface area contributed by atoms with E-state index in [2.05, 4.69) is 68.5 Å². The van der Waals surface area contributed by atoms with Crippen molar-refractivity contribution in [2.45, 2.75) is 32.3 Å². The third-order valence-electron chi connectivity index (χ3n) is 5.66. The second-order valence-corrected chi connectivity index (χ2v) is 9.85. The van der Waals surface area contributed by atoms with Crippen LogP contribution in [0.3, 0.4) is 0 Å². The molecular formula is C24H23OP. The van der Waals surface area contributed by atoms with Crippen LogP contribution in [-0.2, 0) is 6.42 Å². The molecule has 0 saturated heterocycles. The van der Waals surface area contributed by atoms with Crippen molar-refractivity contribution < 1.29 is 4.42 Å². The van der Waals surface area contributed by atoms with Gasteiger partial charge in [0.25, 0.3) is 0 Å². The third-order valence-corrected chi connectivity index (χ3v) is 8.65. The van der Waals surface area contributed by atoms with Gasteiger partial charge in [0.15, 0.2) is 0 Å². The van der Waals surface area contributed by atoms with Crippen molar-refractivity contribution in [1.29, 1.82) is 0 Å². The second kappa shape index (κ2) is 6.25. The second-order valence-electron chi connectivity index (χ2n) is 7.37. The van der Waals surface area contributed by atoms with Gasteiger partial charge in [-0.25, -0.2) is 0 Å². The minimum atomic E-state index is -0.365. The van der Waals surface area contributed by atoms with Crippen LogP contribution in [-0.4, -0.2) is 0 Å².